The average molecular weight is 923 g/mol. The zero-order valence-electron chi connectivity index (χ0n) is 42.6. The summed E-state index contributed by atoms with van der Waals surface area (Å²) in [4.78, 5) is 38.1. The summed E-state index contributed by atoms with van der Waals surface area (Å²) < 4.78 is 16.8. The van der Waals surface area contributed by atoms with Crippen LogP contribution in [0.25, 0.3) is 0 Å². The number of esters is 3. The van der Waals surface area contributed by atoms with Gasteiger partial charge in [-0.15, -0.1) is 0 Å². The first kappa shape index (κ1) is 62.3. The summed E-state index contributed by atoms with van der Waals surface area (Å²) >= 11 is 0. The quantitative estimate of drug-likeness (QED) is 0.0199. The van der Waals surface area contributed by atoms with Gasteiger partial charge in [-0.25, -0.2) is 0 Å². The fourth-order valence-corrected chi connectivity index (χ4v) is 6.66. The van der Waals surface area contributed by atoms with Gasteiger partial charge in [0.2, 0.25) is 0 Å². The Labute approximate surface area is 410 Å². The third-order valence-corrected chi connectivity index (χ3v) is 10.5. The monoisotopic (exact) mass is 923 g/mol. The van der Waals surface area contributed by atoms with Crippen molar-refractivity contribution in [3.8, 4) is 0 Å². The predicted octanol–water partition coefficient (Wildman–Crippen LogP) is 17.6. The second-order valence-electron chi connectivity index (χ2n) is 16.9. The summed E-state index contributed by atoms with van der Waals surface area (Å²) in [5.74, 6) is -0.993. The molecule has 0 aromatic carbocycles. The maximum Gasteiger partial charge on any atom is 0.306 e. The van der Waals surface area contributed by atoms with Crippen LogP contribution in [-0.2, 0) is 28.6 Å². The third kappa shape index (κ3) is 52.1. The molecule has 0 N–H and O–H groups in total. The molecule has 0 spiro atoms. The van der Waals surface area contributed by atoms with E-state index in [9.17, 15) is 14.4 Å². The molecule has 0 rings (SSSR count). The normalized spacial score (nSPS) is 13.3. The highest BCUT2D eigenvalue weighted by Gasteiger charge is 2.19. The summed E-state index contributed by atoms with van der Waals surface area (Å²) in [6.45, 7) is 6.17. The van der Waals surface area contributed by atoms with Crippen LogP contribution >= 0.6 is 0 Å². The van der Waals surface area contributed by atoms with Crippen molar-refractivity contribution in [3.05, 3.63) is 146 Å². The molecule has 0 heterocycles. The summed E-state index contributed by atoms with van der Waals surface area (Å²) in [6, 6.07) is 0. The lowest BCUT2D eigenvalue weighted by atomic mass is 10.1. The van der Waals surface area contributed by atoms with Crippen LogP contribution in [-0.4, -0.2) is 37.2 Å². The first-order chi connectivity index (χ1) is 33.0. The predicted molar refractivity (Wildman–Crippen MR) is 288 cm³/mol. The largest absolute Gasteiger partial charge is 0.462 e. The number of carbonyl (C=O) groups excluding carboxylic acids is 3. The maximum atomic E-state index is 12.8. The molecular formula is C61H94O6. The number of allylic oxidation sites excluding steroid dienone is 24. The van der Waals surface area contributed by atoms with E-state index >= 15 is 0 Å². The Morgan fingerprint density at radius 3 is 1.03 bits per heavy atom. The minimum absolute atomic E-state index is 0.112. The maximum absolute atomic E-state index is 12.8. The molecular weight excluding hydrogens is 829 g/mol. The fourth-order valence-electron chi connectivity index (χ4n) is 6.66. The number of ether oxygens (including phenoxy) is 3. The molecule has 0 saturated carbocycles. The van der Waals surface area contributed by atoms with Gasteiger partial charge >= 0.3 is 17.9 Å². The minimum atomic E-state index is -0.819. The smallest absolute Gasteiger partial charge is 0.306 e. The van der Waals surface area contributed by atoms with Gasteiger partial charge in [0, 0.05) is 19.3 Å². The Kier molecular flexibility index (Phi) is 50.1. The van der Waals surface area contributed by atoms with E-state index in [4.69, 9.17) is 14.2 Å². The van der Waals surface area contributed by atoms with Crippen molar-refractivity contribution < 1.29 is 28.6 Å². The second kappa shape index (κ2) is 53.9. The Bertz CT molecular complexity index is 1530. The van der Waals surface area contributed by atoms with Gasteiger partial charge in [0.05, 0.1) is 0 Å². The molecule has 0 bridgehead atoms. The van der Waals surface area contributed by atoms with Crippen molar-refractivity contribution in [2.45, 2.75) is 207 Å². The number of rotatable bonds is 45. The van der Waals surface area contributed by atoms with Gasteiger partial charge in [0.25, 0.3) is 0 Å². The SMILES string of the molecule is CC\C=C/C=C\C=C/C=C\C=C\C=C/CCCCCC(=O)OC(COC(=O)CCCCCCC\C=C/C=C\C=C/CC)COC(=O)CCCCCCCCCCC/C=C\C/C=C\C/C=C\CC. The van der Waals surface area contributed by atoms with Crippen molar-refractivity contribution in [1.29, 1.82) is 0 Å². The number of hydrogen-bond acceptors (Lipinski definition) is 6. The van der Waals surface area contributed by atoms with Crippen molar-refractivity contribution in [2.24, 2.45) is 0 Å². The van der Waals surface area contributed by atoms with Crippen LogP contribution in [0, 0.1) is 0 Å². The Morgan fingerprint density at radius 2 is 0.612 bits per heavy atom. The van der Waals surface area contributed by atoms with Crippen LogP contribution in [0.5, 0.6) is 0 Å². The van der Waals surface area contributed by atoms with E-state index in [-0.39, 0.29) is 37.5 Å². The molecule has 0 aliphatic heterocycles. The van der Waals surface area contributed by atoms with E-state index in [0.29, 0.717) is 19.3 Å². The zero-order valence-corrected chi connectivity index (χ0v) is 42.6. The highest BCUT2D eigenvalue weighted by Crippen LogP contribution is 2.14. The molecule has 0 aromatic rings. The van der Waals surface area contributed by atoms with Crippen LogP contribution in [0.15, 0.2) is 146 Å². The van der Waals surface area contributed by atoms with Crippen LogP contribution in [0.4, 0.5) is 0 Å². The van der Waals surface area contributed by atoms with Gasteiger partial charge in [-0.05, 0) is 89.9 Å². The molecule has 374 valence electrons. The summed E-state index contributed by atoms with van der Waals surface area (Å²) in [6.07, 6.45) is 76.8. The fraction of sp³-hybridized carbons (Fsp3) is 0.557. The number of hydrogen-bond donors (Lipinski definition) is 0. The summed E-state index contributed by atoms with van der Waals surface area (Å²) in [7, 11) is 0. The van der Waals surface area contributed by atoms with E-state index in [1.807, 2.05) is 66.8 Å². The van der Waals surface area contributed by atoms with E-state index in [1.165, 1.54) is 38.5 Å². The highest BCUT2D eigenvalue weighted by atomic mass is 16.6. The zero-order chi connectivity index (χ0) is 48.6. The Hall–Kier alpha value is -4.71. The minimum Gasteiger partial charge on any atom is -0.462 e. The Balaban J connectivity index is 4.52. The molecule has 0 saturated heterocycles. The van der Waals surface area contributed by atoms with E-state index in [2.05, 4.69) is 99.8 Å². The lowest BCUT2D eigenvalue weighted by molar-refractivity contribution is -0.167. The van der Waals surface area contributed by atoms with Gasteiger partial charge in [0.1, 0.15) is 13.2 Å². The lowest BCUT2D eigenvalue weighted by Gasteiger charge is -2.18. The molecule has 0 amide bonds. The van der Waals surface area contributed by atoms with Crippen LogP contribution in [0.1, 0.15) is 201 Å². The molecule has 0 aliphatic rings. The van der Waals surface area contributed by atoms with Gasteiger partial charge in [-0.2, -0.15) is 0 Å². The van der Waals surface area contributed by atoms with Crippen molar-refractivity contribution in [3.63, 3.8) is 0 Å². The van der Waals surface area contributed by atoms with E-state index in [0.717, 1.165) is 116 Å². The van der Waals surface area contributed by atoms with Gasteiger partial charge < -0.3 is 14.2 Å². The molecule has 0 aromatic heterocycles. The molecule has 0 aliphatic carbocycles. The van der Waals surface area contributed by atoms with Crippen molar-refractivity contribution >= 4 is 17.9 Å². The first-order valence-electron chi connectivity index (χ1n) is 26.5. The van der Waals surface area contributed by atoms with Crippen molar-refractivity contribution in [1.82, 2.24) is 0 Å². The molecule has 67 heavy (non-hydrogen) atoms. The number of unbranched alkanes of at least 4 members (excludes halogenated alkanes) is 17. The summed E-state index contributed by atoms with van der Waals surface area (Å²) in [5.41, 5.74) is 0. The molecule has 0 radical (unpaired) electrons. The molecule has 6 heteroatoms. The topological polar surface area (TPSA) is 78.9 Å². The Morgan fingerprint density at radius 1 is 0.313 bits per heavy atom. The highest BCUT2D eigenvalue weighted by molar-refractivity contribution is 5.71. The van der Waals surface area contributed by atoms with Gasteiger partial charge in [0.15, 0.2) is 6.10 Å². The summed E-state index contributed by atoms with van der Waals surface area (Å²) in [5, 5.41) is 0. The van der Waals surface area contributed by atoms with Gasteiger partial charge in [-0.3, -0.25) is 14.4 Å². The third-order valence-electron chi connectivity index (χ3n) is 10.5. The number of carbonyl (C=O) groups is 3. The first-order valence-corrected chi connectivity index (χ1v) is 26.5. The van der Waals surface area contributed by atoms with Gasteiger partial charge in [-0.1, -0.05) is 237 Å². The molecule has 6 nitrogen and oxygen atoms in total. The van der Waals surface area contributed by atoms with Crippen LogP contribution in [0.2, 0.25) is 0 Å². The van der Waals surface area contributed by atoms with Crippen LogP contribution < -0.4 is 0 Å². The standard InChI is InChI=1S/C61H94O6/c1-4-7-10-13-16-19-22-25-27-29-30-32-33-36-39-42-45-48-51-54-60(63)66-57-58(56-65-59(62)53-50-47-44-41-38-35-24-21-18-15-12-9-6-3)67-61(64)55-52-49-46-43-40-37-34-31-28-26-23-20-17-14-11-8-5-2/h7-12,14-21,23-28,31,34,37,40,58H,4-6,13,22,29-30,32-33,35-36,38-39,41-57H2,1-3H3/b10-7-,11-8-,12-9-,17-14-,18-15-,19-16-,23-20-,24-21-,27-25-,28-26-,34-31+,40-37-. The lowest BCUT2D eigenvalue weighted by Crippen LogP contribution is -2.30. The van der Waals surface area contributed by atoms with E-state index in [1.54, 1.807) is 0 Å². The van der Waals surface area contributed by atoms with Crippen molar-refractivity contribution in [2.75, 3.05) is 13.2 Å². The molecule has 0 fully saturated rings. The molecule has 1 atom stereocenters. The van der Waals surface area contributed by atoms with Crippen LogP contribution in [0.3, 0.4) is 0 Å². The average Bonchev–Trinajstić information content (AvgIpc) is 3.33. The molecule has 1 unspecified atom stereocenters. The second-order valence-corrected chi connectivity index (χ2v) is 16.9. The van der Waals surface area contributed by atoms with E-state index < -0.39 is 6.10 Å².